The van der Waals surface area contributed by atoms with Gasteiger partial charge >= 0.3 is 12.1 Å². The van der Waals surface area contributed by atoms with Crippen LogP contribution in [0.5, 0.6) is 0 Å². The number of benzene rings is 1. The second kappa shape index (κ2) is 6.33. The van der Waals surface area contributed by atoms with Gasteiger partial charge < -0.3 is 14.6 Å². The number of carbonyl (C=O) groups is 1. The van der Waals surface area contributed by atoms with Gasteiger partial charge in [-0.15, -0.1) is 0 Å². The van der Waals surface area contributed by atoms with Crippen molar-refractivity contribution in [3.63, 3.8) is 0 Å². The van der Waals surface area contributed by atoms with Gasteiger partial charge in [-0.1, -0.05) is 31.1 Å². The Bertz CT molecular complexity index is 846. The van der Waals surface area contributed by atoms with E-state index in [-0.39, 0.29) is 28.8 Å². The summed E-state index contributed by atoms with van der Waals surface area (Å²) in [6.07, 6.45) is -4.00. The summed E-state index contributed by atoms with van der Waals surface area (Å²) < 4.78 is 47.4. The van der Waals surface area contributed by atoms with Crippen LogP contribution in [-0.2, 0) is 10.9 Å². The van der Waals surface area contributed by atoms with Crippen LogP contribution in [0, 0.1) is 5.41 Å². The van der Waals surface area contributed by atoms with Crippen molar-refractivity contribution in [1.82, 2.24) is 15.5 Å². The van der Waals surface area contributed by atoms with Crippen LogP contribution in [0.15, 0.2) is 28.8 Å². The fraction of sp³-hybridized carbons (Fsp3) is 0.500. The molecule has 2 aromatic rings. The number of carbonyl (C=O) groups excluding carboxylic acids is 1. The third kappa shape index (κ3) is 3.31. The zero-order valence-corrected chi connectivity index (χ0v) is 15.3. The maximum atomic E-state index is 12.5. The number of aromatic nitrogens is 2. The van der Waals surface area contributed by atoms with Crippen molar-refractivity contribution in [2.45, 2.75) is 45.0 Å². The van der Waals surface area contributed by atoms with Gasteiger partial charge in [0.15, 0.2) is 0 Å². The molecule has 3 rings (SSSR count). The summed E-state index contributed by atoms with van der Waals surface area (Å²) in [6.45, 7) is 6.07. The summed E-state index contributed by atoms with van der Waals surface area (Å²) in [5, 5.41) is 6.30. The lowest BCUT2D eigenvalue weighted by Crippen LogP contribution is -2.68. The quantitative estimate of drug-likeness (QED) is 0.871. The van der Waals surface area contributed by atoms with E-state index in [0.717, 1.165) is 0 Å². The molecule has 2 atom stereocenters. The van der Waals surface area contributed by atoms with E-state index in [0.29, 0.717) is 17.5 Å². The van der Waals surface area contributed by atoms with Crippen molar-refractivity contribution >= 4 is 5.91 Å². The van der Waals surface area contributed by atoms with Crippen LogP contribution in [0.1, 0.15) is 43.4 Å². The summed E-state index contributed by atoms with van der Waals surface area (Å²) >= 11 is 0. The highest BCUT2D eigenvalue weighted by molar-refractivity contribution is 5.95. The first kappa shape index (κ1) is 19.3. The minimum absolute atomic E-state index is 0.0406. The Labute approximate surface area is 154 Å². The highest BCUT2D eigenvalue weighted by Crippen LogP contribution is 2.51. The Morgan fingerprint density at radius 2 is 1.89 bits per heavy atom. The van der Waals surface area contributed by atoms with Gasteiger partial charge in [0, 0.05) is 29.7 Å². The van der Waals surface area contributed by atoms with Gasteiger partial charge in [-0.25, -0.2) is 0 Å². The van der Waals surface area contributed by atoms with E-state index < -0.39 is 12.1 Å². The Kier molecular flexibility index (Phi) is 4.54. The Balaban J connectivity index is 1.69. The maximum absolute atomic E-state index is 12.5. The highest BCUT2D eigenvalue weighted by atomic mass is 19.4. The molecule has 2 unspecified atom stereocenters. The van der Waals surface area contributed by atoms with Crippen LogP contribution in [0.25, 0.3) is 11.4 Å². The van der Waals surface area contributed by atoms with E-state index >= 15 is 0 Å². The summed E-state index contributed by atoms with van der Waals surface area (Å²) in [6, 6.07) is 5.93. The standard InChI is InChI=1S/C18H20F3N3O3/c1-16(2)12(9-17(16,3)26-4)22-14(25)11-7-5-10(6-8-11)13-23-15(27-24-13)18(19,20)21/h5-8,12H,9H2,1-4H3,(H,22,25). The molecular formula is C18H20F3N3O3. The Morgan fingerprint density at radius 1 is 1.26 bits per heavy atom. The predicted molar refractivity (Wildman–Crippen MR) is 89.8 cm³/mol. The van der Waals surface area contributed by atoms with Gasteiger partial charge in [-0.3, -0.25) is 4.79 Å². The number of hydrogen-bond acceptors (Lipinski definition) is 5. The molecule has 1 aromatic heterocycles. The molecule has 6 nitrogen and oxygen atoms in total. The lowest BCUT2D eigenvalue weighted by atomic mass is 9.56. The maximum Gasteiger partial charge on any atom is 0.471 e. The van der Waals surface area contributed by atoms with E-state index in [1.807, 2.05) is 20.8 Å². The molecule has 1 aliphatic carbocycles. The van der Waals surface area contributed by atoms with Crippen LogP contribution in [-0.4, -0.2) is 34.8 Å². The molecule has 1 heterocycles. The third-order valence-corrected chi connectivity index (χ3v) is 5.66. The van der Waals surface area contributed by atoms with Crippen molar-refractivity contribution in [3.05, 3.63) is 35.7 Å². The molecule has 0 saturated heterocycles. The summed E-state index contributed by atoms with van der Waals surface area (Å²) in [4.78, 5) is 15.8. The number of amides is 1. The van der Waals surface area contributed by atoms with Crippen molar-refractivity contribution in [2.24, 2.45) is 5.41 Å². The Morgan fingerprint density at radius 3 is 2.37 bits per heavy atom. The van der Waals surface area contributed by atoms with E-state index in [1.165, 1.54) is 24.3 Å². The molecule has 9 heteroatoms. The summed E-state index contributed by atoms with van der Waals surface area (Å²) in [7, 11) is 1.65. The Hall–Kier alpha value is -2.42. The SMILES string of the molecule is COC1(C)CC(NC(=O)c2ccc(-c3noc(C(F)(F)F)n3)cc2)C1(C)C. The first-order valence-electron chi connectivity index (χ1n) is 8.35. The molecule has 0 radical (unpaired) electrons. The molecule has 0 aliphatic heterocycles. The van der Waals surface area contributed by atoms with Crippen LogP contribution in [0.3, 0.4) is 0 Å². The summed E-state index contributed by atoms with van der Waals surface area (Å²) in [5.41, 5.74) is 0.182. The van der Waals surface area contributed by atoms with Crippen LogP contribution in [0.2, 0.25) is 0 Å². The number of hydrogen-bond donors (Lipinski definition) is 1. The van der Waals surface area contributed by atoms with Crippen molar-refractivity contribution in [2.75, 3.05) is 7.11 Å². The average Bonchev–Trinajstić information content (AvgIpc) is 3.11. The predicted octanol–water partition coefficient (Wildman–Crippen LogP) is 3.69. The van der Waals surface area contributed by atoms with E-state index in [9.17, 15) is 18.0 Å². The van der Waals surface area contributed by atoms with Crippen molar-refractivity contribution in [3.8, 4) is 11.4 Å². The number of ether oxygens (including phenoxy) is 1. The van der Waals surface area contributed by atoms with Gasteiger partial charge in [-0.05, 0) is 25.5 Å². The first-order valence-corrected chi connectivity index (χ1v) is 8.35. The zero-order chi connectivity index (χ0) is 20.0. The third-order valence-electron chi connectivity index (χ3n) is 5.66. The number of methoxy groups -OCH3 is 1. The molecule has 1 saturated carbocycles. The molecule has 0 spiro atoms. The minimum Gasteiger partial charge on any atom is -0.378 e. The van der Waals surface area contributed by atoms with Gasteiger partial charge in [0.1, 0.15) is 0 Å². The van der Waals surface area contributed by atoms with Gasteiger partial charge in [0.2, 0.25) is 5.82 Å². The van der Waals surface area contributed by atoms with E-state index in [2.05, 4.69) is 20.0 Å². The molecule has 1 aliphatic rings. The normalized spacial score (nSPS) is 24.3. The van der Waals surface area contributed by atoms with Gasteiger partial charge in [-0.2, -0.15) is 18.2 Å². The first-order chi connectivity index (χ1) is 12.5. The van der Waals surface area contributed by atoms with E-state index in [4.69, 9.17) is 4.74 Å². The second-order valence-corrected chi connectivity index (χ2v) is 7.39. The van der Waals surface area contributed by atoms with Crippen molar-refractivity contribution in [1.29, 1.82) is 0 Å². The zero-order valence-electron chi connectivity index (χ0n) is 15.3. The lowest BCUT2D eigenvalue weighted by molar-refractivity contribution is -0.177. The molecule has 1 N–H and O–H groups in total. The van der Waals surface area contributed by atoms with Crippen LogP contribution < -0.4 is 5.32 Å². The fourth-order valence-corrected chi connectivity index (χ4v) is 3.19. The van der Waals surface area contributed by atoms with Crippen LogP contribution in [0.4, 0.5) is 13.2 Å². The van der Waals surface area contributed by atoms with E-state index in [1.54, 1.807) is 7.11 Å². The second-order valence-electron chi connectivity index (χ2n) is 7.39. The molecule has 1 aromatic carbocycles. The molecule has 1 amide bonds. The number of alkyl halides is 3. The highest BCUT2D eigenvalue weighted by Gasteiger charge is 2.58. The molecule has 146 valence electrons. The number of nitrogens with zero attached hydrogens (tertiary/aromatic N) is 2. The van der Waals surface area contributed by atoms with Crippen molar-refractivity contribution < 1.29 is 27.2 Å². The number of nitrogens with one attached hydrogen (secondary N) is 1. The van der Waals surface area contributed by atoms with Crippen LogP contribution >= 0.6 is 0 Å². The number of rotatable bonds is 4. The lowest BCUT2D eigenvalue weighted by Gasteiger charge is -2.59. The van der Waals surface area contributed by atoms with Gasteiger partial charge in [0.25, 0.3) is 5.91 Å². The minimum atomic E-state index is -4.70. The monoisotopic (exact) mass is 383 g/mol. The molecule has 0 bridgehead atoms. The smallest absolute Gasteiger partial charge is 0.378 e. The average molecular weight is 383 g/mol. The summed E-state index contributed by atoms with van der Waals surface area (Å²) in [5.74, 6) is -1.86. The molecular weight excluding hydrogens is 363 g/mol. The topological polar surface area (TPSA) is 77.2 Å². The molecule has 27 heavy (non-hydrogen) atoms. The number of halogens is 3. The molecule has 1 fully saturated rings. The largest absolute Gasteiger partial charge is 0.471 e. The van der Waals surface area contributed by atoms with Gasteiger partial charge in [0.05, 0.1) is 5.60 Å². The fourth-order valence-electron chi connectivity index (χ4n) is 3.19.